The van der Waals surface area contributed by atoms with Crippen molar-refractivity contribution in [2.24, 2.45) is 9.98 Å². The summed E-state index contributed by atoms with van der Waals surface area (Å²) in [6.45, 7) is 4.84. The third-order valence-corrected chi connectivity index (χ3v) is 8.41. The number of hydrogen-bond acceptors (Lipinski definition) is 6. The van der Waals surface area contributed by atoms with E-state index < -0.39 is 11.3 Å². The molecule has 2 heterocycles. The molecule has 0 bridgehead atoms. The van der Waals surface area contributed by atoms with Crippen LogP contribution >= 0.6 is 11.8 Å². The molecule has 9 heteroatoms. The van der Waals surface area contributed by atoms with Crippen LogP contribution in [0.15, 0.2) is 88.8 Å². The van der Waals surface area contributed by atoms with Gasteiger partial charge in [-0.1, -0.05) is 91.0 Å². The predicted octanol–water partition coefficient (Wildman–Crippen LogP) is 4.88. The van der Waals surface area contributed by atoms with Gasteiger partial charge in [0.25, 0.3) is 5.91 Å². The van der Waals surface area contributed by atoms with Gasteiger partial charge < -0.3 is 10.6 Å². The molecule has 0 aliphatic carbocycles. The standard InChI is InChI=1S/C32H33N5O3S/c1-3-27(31(40)34-20-23-15-13-21(2)14-16-23)41-32-35-25-12-8-7-11-24(25)29-36-30(39)26(37(29)32)17-18-28(38)33-19-22-9-5-4-6-10-22/h4-16,26-27H,3,17-20H2,1-2H3,(H,33,38)(H,34,40). The van der Waals surface area contributed by atoms with Gasteiger partial charge in [0, 0.05) is 25.1 Å². The van der Waals surface area contributed by atoms with Crippen molar-refractivity contribution in [3.63, 3.8) is 0 Å². The molecule has 3 amide bonds. The minimum atomic E-state index is -0.666. The lowest BCUT2D eigenvalue weighted by Gasteiger charge is -2.32. The molecule has 2 atom stereocenters. The van der Waals surface area contributed by atoms with Gasteiger partial charge >= 0.3 is 0 Å². The SMILES string of the molecule is CCC(SC1=Nc2ccccc2C2=NC(=O)C(CCC(=O)NCc3ccccc3)N12)C(=O)NCc1ccc(C)cc1. The Morgan fingerprint density at radius 3 is 2.34 bits per heavy atom. The van der Waals surface area contributed by atoms with E-state index in [0.29, 0.717) is 36.2 Å². The first-order chi connectivity index (χ1) is 19.9. The number of rotatable bonds is 10. The first kappa shape index (κ1) is 28.3. The Hall–Kier alpha value is -4.24. The molecule has 0 fully saturated rings. The van der Waals surface area contributed by atoms with E-state index in [9.17, 15) is 14.4 Å². The van der Waals surface area contributed by atoms with Crippen LogP contribution in [0.3, 0.4) is 0 Å². The molecule has 41 heavy (non-hydrogen) atoms. The summed E-state index contributed by atoms with van der Waals surface area (Å²) in [6, 6.07) is 24.6. The molecule has 2 aliphatic heterocycles. The summed E-state index contributed by atoms with van der Waals surface area (Å²) in [5, 5.41) is 6.09. The van der Waals surface area contributed by atoms with Crippen LogP contribution in [0.5, 0.6) is 0 Å². The van der Waals surface area contributed by atoms with Gasteiger partial charge in [-0.15, -0.1) is 0 Å². The molecule has 5 rings (SSSR count). The Morgan fingerprint density at radius 2 is 1.59 bits per heavy atom. The fraction of sp³-hybridized carbons (Fsp3) is 0.281. The van der Waals surface area contributed by atoms with Crippen LogP contribution in [0.1, 0.15) is 48.4 Å². The fourth-order valence-corrected chi connectivity index (χ4v) is 5.86. The molecule has 0 saturated carbocycles. The van der Waals surface area contributed by atoms with Crippen molar-refractivity contribution >= 4 is 46.2 Å². The zero-order valence-electron chi connectivity index (χ0n) is 23.2. The van der Waals surface area contributed by atoms with Crippen LogP contribution in [0.4, 0.5) is 5.69 Å². The summed E-state index contributed by atoms with van der Waals surface area (Å²) in [6.07, 6.45) is 1.02. The fourth-order valence-electron chi connectivity index (χ4n) is 4.77. The van der Waals surface area contributed by atoms with Crippen molar-refractivity contribution in [2.75, 3.05) is 0 Å². The highest BCUT2D eigenvalue weighted by molar-refractivity contribution is 8.15. The average molecular weight is 568 g/mol. The Morgan fingerprint density at radius 1 is 0.902 bits per heavy atom. The summed E-state index contributed by atoms with van der Waals surface area (Å²) in [5.41, 5.74) is 4.66. The Bertz CT molecular complexity index is 1490. The smallest absolute Gasteiger partial charge is 0.270 e. The molecule has 2 N–H and O–H groups in total. The lowest BCUT2D eigenvalue weighted by Crippen LogP contribution is -2.45. The number of thioether (sulfide) groups is 1. The Labute approximate surface area is 244 Å². The van der Waals surface area contributed by atoms with Crippen molar-refractivity contribution in [1.82, 2.24) is 15.5 Å². The third kappa shape index (κ3) is 6.74. The molecule has 3 aromatic carbocycles. The van der Waals surface area contributed by atoms with Crippen LogP contribution in [0, 0.1) is 6.92 Å². The van der Waals surface area contributed by atoms with Crippen molar-refractivity contribution < 1.29 is 14.4 Å². The minimum absolute atomic E-state index is 0.0968. The van der Waals surface area contributed by atoms with Gasteiger partial charge in [0.1, 0.15) is 11.9 Å². The van der Waals surface area contributed by atoms with Gasteiger partial charge in [-0.05, 0) is 43.0 Å². The molecule has 0 saturated heterocycles. The number of aliphatic imine (C=N–C) groups is 2. The van der Waals surface area contributed by atoms with E-state index in [1.807, 2.05) is 97.6 Å². The molecular formula is C32H33N5O3S. The molecule has 0 radical (unpaired) electrons. The number of benzene rings is 3. The number of carbonyl (C=O) groups is 3. The van der Waals surface area contributed by atoms with Crippen LogP contribution in [-0.2, 0) is 27.5 Å². The lowest BCUT2D eigenvalue weighted by molar-refractivity contribution is -0.123. The highest BCUT2D eigenvalue weighted by atomic mass is 32.2. The maximum atomic E-state index is 13.2. The van der Waals surface area contributed by atoms with Gasteiger partial charge in [-0.3, -0.25) is 19.3 Å². The number of amides is 3. The second-order valence-corrected chi connectivity index (χ2v) is 11.3. The Balaban J connectivity index is 1.29. The van der Waals surface area contributed by atoms with Gasteiger partial charge in [-0.25, -0.2) is 4.99 Å². The Kier molecular flexibility index (Phi) is 8.94. The predicted molar refractivity (Wildman–Crippen MR) is 163 cm³/mol. The van der Waals surface area contributed by atoms with Crippen molar-refractivity contribution in [1.29, 1.82) is 0 Å². The van der Waals surface area contributed by atoms with Crippen molar-refractivity contribution in [2.45, 2.75) is 57.5 Å². The van der Waals surface area contributed by atoms with Crippen molar-refractivity contribution in [3.05, 3.63) is 101 Å². The maximum absolute atomic E-state index is 13.2. The minimum Gasteiger partial charge on any atom is -0.352 e. The molecule has 2 unspecified atom stereocenters. The summed E-state index contributed by atoms with van der Waals surface area (Å²) in [4.78, 5) is 50.1. The van der Waals surface area contributed by atoms with E-state index >= 15 is 0 Å². The first-order valence-electron chi connectivity index (χ1n) is 13.8. The number of amidine groups is 2. The second kappa shape index (κ2) is 13.0. The summed E-state index contributed by atoms with van der Waals surface area (Å²) in [7, 11) is 0. The molecule has 0 aromatic heterocycles. The average Bonchev–Trinajstić information content (AvgIpc) is 3.33. The van der Waals surface area contributed by atoms with Crippen LogP contribution in [0.25, 0.3) is 0 Å². The highest BCUT2D eigenvalue weighted by Gasteiger charge is 2.42. The monoisotopic (exact) mass is 567 g/mol. The normalized spacial score (nSPS) is 16.3. The summed E-state index contributed by atoms with van der Waals surface area (Å²) < 4.78 is 0. The summed E-state index contributed by atoms with van der Waals surface area (Å²) in [5.74, 6) is -0.0218. The summed E-state index contributed by atoms with van der Waals surface area (Å²) >= 11 is 1.33. The molecule has 8 nitrogen and oxygen atoms in total. The largest absolute Gasteiger partial charge is 0.352 e. The molecule has 3 aromatic rings. The van der Waals surface area contributed by atoms with Gasteiger partial charge in [0.05, 0.1) is 10.9 Å². The molecule has 2 aliphatic rings. The van der Waals surface area contributed by atoms with Crippen LogP contribution < -0.4 is 10.6 Å². The van der Waals surface area contributed by atoms with E-state index in [0.717, 1.165) is 16.7 Å². The zero-order valence-corrected chi connectivity index (χ0v) is 24.0. The van der Waals surface area contributed by atoms with Gasteiger partial charge in [0.2, 0.25) is 11.8 Å². The van der Waals surface area contributed by atoms with Gasteiger partial charge in [-0.2, -0.15) is 4.99 Å². The topological polar surface area (TPSA) is 103 Å². The second-order valence-electron chi connectivity index (χ2n) is 10.1. The van der Waals surface area contributed by atoms with Crippen LogP contribution in [0.2, 0.25) is 0 Å². The molecule has 210 valence electrons. The quantitative estimate of drug-likeness (QED) is 0.364. The van der Waals surface area contributed by atoms with E-state index in [-0.39, 0.29) is 30.6 Å². The van der Waals surface area contributed by atoms with E-state index in [1.165, 1.54) is 17.3 Å². The van der Waals surface area contributed by atoms with Gasteiger partial charge in [0.15, 0.2) is 5.17 Å². The molecule has 0 spiro atoms. The van der Waals surface area contributed by atoms with E-state index in [1.54, 1.807) is 0 Å². The van der Waals surface area contributed by atoms with Crippen LogP contribution in [-0.4, -0.2) is 44.9 Å². The maximum Gasteiger partial charge on any atom is 0.270 e. The highest BCUT2D eigenvalue weighted by Crippen LogP contribution is 2.36. The van der Waals surface area contributed by atoms with E-state index in [2.05, 4.69) is 15.6 Å². The number of aryl methyl sites for hydroxylation is 1. The third-order valence-electron chi connectivity index (χ3n) is 7.08. The molecular weight excluding hydrogens is 534 g/mol. The van der Waals surface area contributed by atoms with Crippen molar-refractivity contribution in [3.8, 4) is 0 Å². The number of para-hydroxylation sites is 1. The van der Waals surface area contributed by atoms with E-state index in [4.69, 9.17) is 4.99 Å². The number of nitrogens with one attached hydrogen (secondary N) is 2. The number of fused-ring (bicyclic) bond motifs is 3. The number of nitrogens with zero attached hydrogens (tertiary/aromatic N) is 3. The number of carbonyl (C=O) groups excluding carboxylic acids is 3. The zero-order chi connectivity index (χ0) is 28.8. The first-order valence-corrected chi connectivity index (χ1v) is 14.7. The number of hydrogen-bond donors (Lipinski definition) is 2. The lowest BCUT2D eigenvalue weighted by atomic mass is 10.1.